The summed E-state index contributed by atoms with van der Waals surface area (Å²) in [7, 11) is 0. The zero-order valence-electron chi connectivity index (χ0n) is 19.8. The minimum Gasteiger partial charge on any atom is -0.355 e. The average Bonchev–Trinajstić information content (AvgIpc) is 3.37. The van der Waals surface area contributed by atoms with Crippen molar-refractivity contribution >= 4 is 29.0 Å². The van der Waals surface area contributed by atoms with Gasteiger partial charge in [-0.3, -0.25) is 9.59 Å². The predicted molar refractivity (Wildman–Crippen MR) is 133 cm³/mol. The van der Waals surface area contributed by atoms with Gasteiger partial charge < -0.3 is 15.5 Å². The molecule has 184 valence electrons. The van der Waals surface area contributed by atoms with Crippen molar-refractivity contribution in [2.75, 3.05) is 23.3 Å². The van der Waals surface area contributed by atoms with Crippen LogP contribution in [0.1, 0.15) is 41.7 Å². The molecule has 1 saturated heterocycles. The van der Waals surface area contributed by atoms with Crippen molar-refractivity contribution in [1.82, 2.24) is 25.1 Å². The number of nitrogens with one attached hydrogen (secondary N) is 2. The molecule has 2 amide bonds. The number of hydrogen-bond donors (Lipinski definition) is 2. The second-order valence-electron chi connectivity index (χ2n) is 8.90. The van der Waals surface area contributed by atoms with E-state index in [9.17, 15) is 14.0 Å². The van der Waals surface area contributed by atoms with Crippen LogP contribution < -0.4 is 15.5 Å². The highest BCUT2D eigenvalue weighted by atomic mass is 19.1. The number of carbonyl (C=O) groups excluding carboxylic acids is 2. The molecule has 1 aliphatic rings. The Morgan fingerprint density at radius 1 is 1.00 bits per heavy atom. The van der Waals surface area contributed by atoms with E-state index in [0.29, 0.717) is 16.9 Å². The average molecular weight is 488 g/mol. The number of halogens is 1. The lowest BCUT2D eigenvalue weighted by Gasteiger charge is -2.32. The van der Waals surface area contributed by atoms with E-state index < -0.39 is 0 Å². The lowest BCUT2D eigenvalue weighted by molar-refractivity contribution is -0.126. The van der Waals surface area contributed by atoms with E-state index in [1.165, 1.54) is 24.3 Å². The quantitative estimate of drug-likeness (QED) is 0.431. The van der Waals surface area contributed by atoms with E-state index in [2.05, 4.69) is 30.8 Å². The summed E-state index contributed by atoms with van der Waals surface area (Å²) in [6.45, 7) is 3.43. The van der Waals surface area contributed by atoms with Crippen LogP contribution in [0.25, 0.3) is 5.65 Å². The van der Waals surface area contributed by atoms with Gasteiger partial charge in [-0.25, -0.2) is 4.39 Å². The van der Waals surface area contributed by atoms with Crippen molar-refractivity contribution < 1.29 is 14.0 Å². The van der Waals surface area contributed by atoms with E-state index in [4.69, 9.17) is 0 Å². The fourth-order valence-electron chi connectivity index (χ4n) is 4.33. The first kappa shape index (κ1) is 23.4. The van der Waals surface area contributed by atoms with Crippen molar-refractivity contribution in [2.45, 2.75) is 25.8 Å². The van der Waals surface area contributed by atoms with Crippen LogP contribution in [0.15, 0.2) is 67.0 Å². The van der Waals surface area contributed by atoms with Gasteiger partial charge >= 0.3 is 0 Å². The molecular formula is C26H26FN7O2. The summed E-state index contributed by atoms with van der Waals surface area (Å²) in [6.07, 6.45) is 3.07. The Hall–Kier alpha value is -4.34. The van der Waals surface area contributed by atoms with Crippen LogP contribution in [0.3, 0.4) is 0 Å². The van der Waals surface area contributed by atoms with Gasteiger partial charge in [-0.2, -0.15) is 4.52 Å². The van der Waals surface area contributed by atoms with Crippen molar-refractivity contribution in [3.05, 3.63) is 83.9 Å². The van der Waals surface area contributed by atoms with E-state index >= 15 is 0 Å². The molecule has 2 N–H and O–H groups in total. The molecular weight excluding hydrogens is 461 g/mol. The number of aromatic nitrogens is 4. The number of anilines is 2. The van der Waals surface area contributed by atoms with Crippen molar-refractivity contribution in [3.63, 3.8) is 0 Å². The number of rotatable bonds is 6. The molecule has 5 rings (SSSR count). The summed E-state index contributed by atoms with van der Waals surface area (Å²) in [5.74, 6) is 0.128. The molecule has 0 spiro atoms. The fraction of sp³-hybridized carbons (Fsp3) is 0.269. The molecule has 0 bridgehead atoms. The van der Waals surface area contributed by atoms with Crippen molar-refractivity contribution in [2.24, 2.45) is 5.92 Å². The molecule has 0 radical (unpaired) electrons. The Kier molecular flexibility index (Phi) is 6.57. The molecule has 0 saturated carbocycles. The Morgan fingerprint density at radius 3 is 2.44 bits per heavy atom. The molecule has 0 aliphatic carbocycles. The van der Waals surface area contributed by atoms with Gasteiger partial charge in [-0.15, -0.1) is 15.3 Å². The Labute approximate surface area is 207 Å². The molecule has 1 aliphatic heterocycles. The second-order valence-corrected chi connectivity index (χ2v) is 8.90. The van der Waals surface area contributed by atoms with Gasteiger partial charge in [0.1, 0.15) is 18.0 Å². The van der Waals surface area contributed by atoms with Gasteiger partial charge in [-0.1, -0.05) is 12.1 Å². The Bertz CT molecular complexity index is 1360. The lowest BCUT2D eigenvalue weighted by atomic mass is 9.95. The van der Waals surface area contributed by atoms with E-state index in [1.807, 2.05) is 31.2 Å². The van der Waals surface area contributed by atoms with Crippen molar-refractivity contribution in [3.8, 4) is 0 Å². The molecule has 10 heteroatoms. The minimum atomic E-state index is -0.389. The predicted octanol–water partition coefficient (Wildman–Crippen LogP) is 3.61. The molecule has 2 aromatic heterocycles. The molecule has 1 fully saturated rings. The van der Waals surface area contributed by atoms with E-state index in [1.54, 1.807) is 23.0 Å². The van der Waals surface area contributed by atoms with Crippen LogP contribution in [0.5, 0.6) is 0 Å². The van der Waals surface area contributed by atoms with Crippen LogP contribution in [0.4, 0.5) is 15.9 Å². The smallest absolute Gasteiger partial charge is 0.255 e. The van der Waals surface area contributed by atoms with Gasteiger partial charge in [0, 0.05) is 30.3 Å². The number of benzene rings is 2. The monoisotopic (exact) mass is 487 g/mol. The summed E-state index contributed by atoms with van der Waals surface area (Å²) in [5.41, 5.74) is 2.64. The Morgan fingerprint density at radius 2 is 1.72 bits per heavy atom. The van der Waals surface area contributed by atoms with Gasteiger partial charge in [0.15, 0.2) is 5.65 Å². The minimum absolute atomic E-state index is 0.0399. The number of fused-ring (bicyclic) bond motifs is 1. The van der Waals surface area contributed by atoms with E-state index in [0.717, 1.165) is 37.3 Å². The number of nitrogens with zero attached hydrogens (tertiary/aromatic N) is 5. The fourth-order valence-corrected chi connectivity index (χ4v) is 4.33. The molecule has 2 aromatic carbocycles. The first-order valence-corrected chi connectivity index (χ1v) is 11.9. The summed E-state index contributed by atoms with van der Waals surface area (Å²) < 4.78 is 14.7. The standard InChI is InChI=1S/C26H26FN7O2/c1-17(18-4-8-22(9-5-18)30-26(36)19-2-6-21(27)7-3-19)29-25(35)20-12-14-33(15-13-20)24-11-10-23-31-28-16-34(23)32-24/h2-11,16-17,20H,12-15H2,1H3,(H,29,35)(H,30,36). The molecule has 3 heterocycles. The highest BCUT2D eigenvalue weighted by Crippen LogP contribution is 2.24. The molecule has 1 atom stereocenters. The maximum Gasteiger partial charge on any atom is 0.255 e. The SMILES string of the molecule is CC(NC(=O)C1CCN(c2ccc3nncn3n2)CC1)c1ccc(NC(=O)c2ccc(F)cc2)cc1. The zero-order valence-corrected chi connectivity index (χ0v) is 19.8. The van der Waals surface area contributed by atoms with Crippen molar-refractivity contribution in [1.29, 1.82) is 0 Å². The van der Waals surface area contributed by atoms with Gasteiger partial charge in [0.2, 0.25) is 5.91 Å². The van der Waals surface area contributed by atoms with Gasteiger partial charge in [0.05, 0.1) is 6.04 Å². The van der Waals surface area contributed by atoms with Crippen LogP contribution in [0.2, 0.25) is 0 Å². The lowest BCUT2D eigenvalue weighted by Crippen LogP contribution is -2.41. The number of piperidine rings is 1. The maximum absolute atomic E-state index is 13.1. The summed E-state index contributed by atoms with van der Waals surface area (Å²) in [4.78, 5) is 27.4. The van der Waals surface area contributed by atoms with Crippen LogP contribution >= 0.6 is 0 Å². The van der Waals surface area contributed by atoms with Gasteiger partial charge in [0.25, 0.3) is 5.91 Å². The summed E-state index contributed by atoms with van der Waals surface area (Å²) in [6, 6.07) is 16.3. The largest absolute Gasteiger partial charge is 0.355 e. The highest BCUT2D eigenvalue weighted by Gasteiger charge is 2.27. The normalized spacial score (nSPS) is 15.0. The van der Waals surface area contributed by atoms with Gasteiger partial charge in [-0.05, 0) is 73.9 Å². The second kappa shape index (κ2) is 10.1. The number of hydrogen-bond acceptors (Lipinski definition) is 6. The molecule has 4 aromatic rings. The highest BCUT2D eigenvalue weighted by molar-refractivity contribution is 6.04. The molecule has 9 nitrogen and oxygen atoms in total. The summed E-state index contributed by atoms with van der Waals surface area (Å²) >= 11 is 0. The topological polar surface area (TPSA) is 105 Å². The number of amides is 2. The summed E-state index contributed by atoms with van der Waals surface area (Å²) in [5, 5.41) is 18.3. The maximum atomic E-state index is 13.1. The third kappa shape index (κ3) is 5.17. The third-order valence-electron chi connectivity index (χ3n) is 6.47. The van der Waals surface area contributed by atoms with Crippen LogP contribution in [-0.4, -0.2) is 44.7 Å². The Balaban J connectivity index is 1.12. The molecule has 1 unspecified atom stereocenters. The number of carbonyl (C=O) groups is 2. The molecule has 36 heavy (non-hydrogen) atoms. The zero-order chi connectivity index (χ0) is 25.1. The van der Waals surface area contributed by atoms with E-state index in [-0.39, 0.29) is 29.6 Å². The van der Waals surface area contributed by atoms with Crippen LogP contribution in [-0.2, 0) is 4.79 Å². The first-order chi connectivity index (χ1) is 17.5. The first-order valence-electron chi connectivity index (χ1n) is 11.9. The van der Waals surface area contributed by atoms with Crippen LogP contribution in [0, 0.1) is 11.7 Å². The third-order valence-corrected chi connectivity index (χ3v) is 6.47.